The first-order chi connectivity index (χ1) is 32.3. The van der Waals surface area contributed by atoms with E-state index in [0.717, 1.165) is 40.6 Å². The van der Waals surface area contributed by atoms with E-state index in [0.29, 0.717) is 36.3 Å². The van der Waals surface area contributed by atoms with Crippen molar-refractivity contribution in [3.8, 4) is 11.5 Å². The molecular weight excluding hydrogens is 875 g/mol. The topological polar surface area (TPSA) is 191 Å². The standard InChI is InChI=1S/C51H57N5O10S/c1-55(2)43-18-12-17-42-41(43)16-13-19-46(42)67(61,62)53-31-11-6-5-10-30-52-47(58)29-24-38-32-48(59)54-50(60)56(38)49-33-44(57)45(66-49)34-65-51(35-14-8-7-9-15-35,36-20-25-39(63-3)26-21-36)37-22-27-40(64-4)28-23-37/h7-9,12-29,32,44-45,49,53,57H,5-6,10-11,30-31,33-34H2,1-4H3,(H,52,58)(H,54,59,60)/b29-24+/t44-,45+,49+/m0/s1. The number of fused-ring (bicyclic) bond motifs is 1. The number of methoxy groups -OCH3 is 2. The van der Waals surface area contributed by atoms with Crippen LogP contribution in [-0.2, 0) is 29.9 Å². The summed E-state index contributed by atoms with van der Waals surface area (Å²) in [5.74, 6) is 0.890. The minimum absolute atomic E-state index is 0.00134. The Morgan fingerprint density at radius 1 is 0.821 bits per heavy atom. The minimum atomic E-state index is -3.74. The molecule has 5 aromatic carbocycles. The van der Waals surface area contributed by atoms with Crippen molar-refractivity contribution >= 4 is 38.5 Å². The number of rotatable bonds is 21. The Kier molecular flexibility index (Phi) is 15.8. The zero-order valence-electron chi connectivity index (χ0n) is 38.0. The number of aliphatic hydroxyl groups excluding tert-OH is 1. The fraction of sp³-hybridized carbons (Fsp3) is 0.314. The summed E-state index contributed by atoms with van der Waals surface area (Å²) in [7, 11) is 3.29. The summed E-state index contributed by atoms with van der Waals surface area (Å²) in [6.07, 6.45) is 2.39. The molecule has 0 saturated carbocycles. The maximum Gasteiger partial charge on any atom is 0.330 e. The van der Waals surface area contributed by atoms with Crippen molar-refractivity contribution in [2.24, 2.45) is 0 Å². The van der Waals surface area contributed by atoms with Crippen molar-refractivity contribution in [2.45, 2.75) is 61.0 Å². The quantitative estimate of drug-likeness (QED) is 0.0371. The van der Waals surface area contributed by atoms with Crippen LogP contribution in [0.3, 0.4) is 0 Å². The fourth-order valence-corrected chi connectivity index (χ4v) is 9.75. The van der Waals surface area contributed by atoms with Crippen LogP contribution < -0.4 is 35.7 Å². The number of hydrogen-bond acceptors (Lipinski definition) is 11. The maximum absolute atomic E-state index is 13.3. The number of nitrogens with zero attached hydrogens (tertiary/aromatic N) is 2. The van der Waals surface area contributed by atoms with Gasteiger partial charge in [-0.3, -0.25) is 19.1 Å². The second-order valence-corrected chi connectivity index (χ2v) is 18.2. The summed E-state index contributed by atoms with van der Waals surface area (Å²) < 4.78 is 54.6. The summed E-state index contributed by atoms with van der Waals surface area (Å²) in [5.41, 5.74) is 0.817. The van der Waals surface area contributed by atoms with E-state index in [4.69, 9.17) is 18.9 Å². The lowest BCUT2D eigenvalue weighted by Crippen LogP contribution is -2.38. The van der Waals surface area contributed by atoms with Gasteiger partial charge in [0.15, 0.2) is 0 Å². The first-order valence-electron chi connectivity index (χ1n) is 22.2. The van der Waals surface area contributed by atoms with E-state index in [1.54, 1.807) is 26.4 Å². The number of amides is 1. The number of benzene rings is 5. The highest BCUT2D eigenvalue weighted by molar-refractivity contribution is 7.89. The number of unbranched alkanes of at least 4 members (excludes halogenated alkanes) is 3. The molecule has 1 aliphatic heterocycles. The van der Waals surface area contributed by atoms with E-state index in [2.05, 4.69) is 15.0 Å². The molecule has 4 N–H and O–H groups in total. The van der Waals surface area contributed by atoms with Crippen LogP contribution in [0.2, 0.25) is 0 Å². The van der Waals surface area contributed by atoms with E-state index in [1.807, 2.05) is 122 Å². The third-order valence-corrected chi connectivity index (χ3v) is 13.4. The molecule has 67 heavy (non-hydrogen) atoms. The largest absolute Gasteiger partial charge is 0.497 e. The van der Waals surface area contributed by atoms with E-state index in [9.17, 15) is 27.9 Å². The van der Waals surface area contributed by atoms with Crippen LogP contribution in [0.4, 0.5) is 5.69 Å². The number of aliphatic hydroxyl groups is 1. The molecule has 7 rings (SSSR count). The minimum Gasteiger partial charge on any atom is -0.497 e. The lowest BCUT2D eigenvalue weighted by molar-refractivity contribution is -0.116. The number of anilines is 1. The number of nitrogens with one attached hydrogen (secondary N) is 3. The van der Waals surface area contributed by atoms with Gasteiger partial charge in [-0.05, 0) is 72.0 Å². The van der Waals surface area contributed by atoms with Crippen LogP contribution in [0.25, 0.3) is 16.8 Å². The predicted molar refractivity (Wildman–Crippen MR) is 258 cm³/mol. The normalized spacial score (nSPS) is 16.3. The molecule has 2 heterocycles. The Bertz CT molecular complexity index is 2840. The second kappa shape index (κ2) is 21.8. The summed E-state index contributed by atoms with van der Waals surface area (Å²) in [6, 6.07) is 36.8. The predicted octanol–water partition coefficient (Wildman–Crippen LogP) is 6.10. The van der Waals surface area contributed by atoms with Gasteiger partial charge in [0.1, 0.15) is 29.4 Å². The fourth-order valence-electron chi connectivity index (χ4n) is 8.46. The SMILES string of the molecule is COc1ccc(C(OC[C@H]2O[C@@H](n3c(/C=C/C(=O)NCCCCCCNS(=O)(=O)c4cccc5c(N(C)C)cccc45)cc(=O)[nH]c3=O)C[C@@H]2O)(c2ccccc2)c2ccc(OC)cc2)cc1. The lowest BCUT2D eigenvalue weighted by Gasteiger charge is -2.37. The van der Waals surface area contributed by atoms with Crippen molar-refractivity contribution < 1.29 is 37.3 Å². The van der Waals surface area contributed by atoms with Gasteiger partial charge in [0.25, 0.3) is 5.56 Å². The van der Waals surface area contributed by atoms with Gasteiger partial charge in [0, 0.05) is 62.2 Å². The first-order valence-corrected chi connectivity index (χ1v) is 23.7. The zero-order valence-corrected chi connectivity index (χ0v) is 38.8. The number of sulfonamides is 1. The molecule has 1 aliphatic rings. The highest BCUT2D eigenvalue weighted by Crippen LogP contribution is 2.43. The number of carbonyl (C=O) groups is 1. The Labute approximate surface area is 390 Å². The Balaban J connectivity index is 0.958. The monoisotopic (exact) mass is 931 g/mol. The molecule has 352 valence electrons. The summed E-state index contributed by atoms with van der Waals surface area (Å²) in [4.78, 5) is 43.2. The Hall–Kier alpha value is -6.56. The molecule has 0 bridgehead atoms. The molecule has 6 aromatic rings. The zero-order chi connectivity index (χ0) is 47.6. The molecule has 0 radical (unpaired) electrons. The van der Waals surface area contributed by atoms with Gasteiger partial charge in [-0.1, -0.05) is 91.7 Å². The van der Waals surface area contributed by atoms with Gasteiger partial charge in [0.2, 0.25) is 15.9 Å². The van der Waals surface area contributed by atoms with Crippen molar-refractivity contribution in [1.82, 2.24) is 19.6 Å². The molecule has 1 aromatic heterocycles. The van der Waals surface area contributed by atoms with Crippen LogP contribution in [0.1, 0.15) is 60.7 Å². The number of aromatic amines is 1. The molecule has 1 amide bonds. The van der Waals surface area contributed by atoms with Crippen LogP contribution >= 0.6 is 0 Å². The number of aromatic nitrogens is 2. The van der Waals surface area contributed by atoms with E-state index in [1.165, 1.54) is 22.8 Å². The number of carbonyl (C=O) groups excluding carboxylic acids is 1. The Morgan fingerprint density at radius 3 is 2.07 bits per heavy atom. The molecule has 0 spiro atoms. The van der Waals surface area contributed by atoms with Crippen LogP contribution in [-0.4, -0.2) is 89.2 Å². The van der Waals surface area contributed by atoms with E-state index in [-0.39, 0.29) is 30.2 Å². The molecular formula is C51H57N5O10S. The van der Waals surface area contributed by atoms with Gasteiger partial charge < -0.3 is 34.3 Å². The van der Waals surface area contributed by atoms with Crippen LogP contribution in [0.15, 0.2) is 142 Å². The highest BCUT2D eigenvalue weighted by atomic mass is 32.2. The van der Waals surface area contributed by atoms with E-state index < -0.39 is 51.2 Å². The summed E-state index contributed by atoms with van der Waals surface area (Å²) in [6.45, 7) is 0.532. The van der Waals surface area contributed by atoms with Crippen molar-refractivity contribution in [2.75, 3.05) is 52.9 Å². The molecule has 3 atom stereocenters. The van der Waals surface area contributed by atoms with Crippen molar-refractivity contribution in [3.63, 3.8) is 0 Å². The van der Waals surface area contributed by atoms with Gasteiger partial charge in [-0.15, -0.1) is 0 Å². The molecule has 1 saturated heterocycles. The smallest absolute Gasteiger partial charge is 0.330 e. The number of H-pyrrole nitrogens is 1. The second-order valence-electron chi connectivity index (χ2n) is 16.4. The maximum atomic E-state index is 13.3. The van der Waals surface area contributed by atoms with Gasteiger partial charge in [-0.2, -0.15) is 0 Å². The average Bonchev–Trinajstić information content (AvgIpc) is 3.70. The average molecular weight is 932 g/mol. The molecule has 1 fully saturated rings. The highest BCUT2D eigenvalue weighted by Gasteiger charge is 2.42. The first kappa shape index (κ1) is 48.4. The summed E-state index contributed by atoms with van der Waals surface area (Å²) >= 11 is 0. The Morgan fingerprint density at radius 2 is 1.43 bits per heavy atom. The van der Waals surface area contributed by atoms with E-state index >= 15 is 0 Å². The van der Waals surface area contributed by atoms with Crippen molar-refractivity contribution in [3.05, 3.63) is 171 Å². The van der Waals surface area contributed by atoms with Crippen LogP contribution in [0.5, 0.6) is 11.5 Å². The number of ether oxygens (including phenoxy) is 4. The number of hydrogen-bond donors (Lipinski definition) is 4. The van der Waals surface area contributed by atoms with Crippen LogP contribution in [0, 0.1) is 0 Å². The van der Waals surface area contributed by atoms with Gasteiger partial charge >= 0.3 is 5.69 Å². The van der Waals surface area contributed by atoms with Gasteiger partial charge in [-0.25, -0.2) is 17.9 Å². The third kappa shape index (κ3) is 11.2. The summed E-state index contributed by atoms with van der Waals surface area (Å²) in [5, 5.41) is 15.7. The lowest BCUT2D eigenvalue weighted by atomic mass is 9.80. The van der Waals surface area contributed by atoms with Gasteiger partial charge in [0.05, 0.1) is 37.5 Å². The van der Waals surface area contributed by atoms with Crippen molar-refractivity contribution in [1.29, 1.82) is 0 Å². The molecule has 0 aliphatic carbocycles. The molecule has 16 heteroatoms. The molecule has 0 unspecified atom stereocenters. The third-order valence-electron chi connectivity index (χ3n) is 11.9. The molecule has 15 nitrogen and oxygen atoms in total.